The average Bonchev–Trinajstić information content (AvgIpc) is 3.56. The summed E-state index contributed by atoms with van der Waals surface area (Å²) >= 11 is 0. The van der Waals surface area contributed by atoms with Crippen LogP contribution in [0.25, 0.3) is 60.8 Å². The number of nitriles is 1. The smallest absolute Gasteiger partial charge is 0.336 e. The molecule has 2 N–H and O–H groups in total. The highest BCUT2D eigenvalue weighted by Crippen LogP contribution is 2.43. The zero-order valence-corrected chi connectivity index (χ0v) is 22.3. The number of carbonyl (C=O) groups is 1. The van der Waals surface area contributed by atoms with Gasteiger partial charge in [-0.1, -0.05) is 60.7 Å². The van der Waals surface area contributed by atoms with Gasteiger partial charge in [-0.2, -0.15) is 10.4 Å². The summed E-state index contributed by atoms with van der Waals surface area (Å²) in [5.74, 6) is -1.03. The van der Waals surface area contributed by atoms with Crippen LogP contribution < -0.4 is 0 Å². The van der Waals surface area contributed by atoms with E-state index in [9.17, 15) is 15.2 Å². The number of H-pyrrole nitrogens is 1. The zero-order chi connectivity index (χ0) is 28.2. The van der Waals surface area contributed by atoms with E-state index < -0.39 is 5.97 Å². The van der Waals surface area contributed by atoms with Crippen LogP contribution in [0.4, 0.5) is 0 Å². The van der Waals surface area contributed by atoms with Crippen molar-refractivity contribution in [2.24, 2.45) is 0 Å². The maximum Gasteiger partial charge on any atom is 0.336 e. The fraction of sp³-hybridized carbons (Fsp3) is 0.0588. The number of carboxylic acids is 1. The molecule has 7 aromatic rings. The summed E-state index contributed by atoms with van der Waals surface area (Å²) in [6.07, 6.45) is 1.88. The first-order chi connectivity index (χ1) is 20.0. The van der Waals surface area contributed by atoms with Gasteiger partial charge in [0.1, 0.15) is 6.07 Å². The van der Waals surface area contributed by atoms with E-state index in [1.165, 1.54) is 0 Å². The number of rotatable bonds is 4. The molecule has 0 bridgehead atoms. The molecule has 7 nitrogen and oxygen atoms in total. The van der Waals surface area contributed by atoms with Gasteiger partial charge in [-0.15, -0.1) is 0 Å². The number of para-hydroxylation sites is 1. The van der Waals surface area contributed by atoms with Gasteiger partial charge in [-0.25, -0.2) is 14.5 Å². The normalized spacial score (nSPS) is 11.3. The first-order valence-electron chi connectivity index (χ1n) is 13.2. The molecule has 7 heteroatoms. The second-order valence-electron chi connectivity index (χ2n) is 10.1. The van der Waals surface area contributed by atoms with Crippen molar-refractivity contribution in [3.63, 3.8) is 0 Å². The molecule has 3 aromatic heterocycles. The monoisotopic (exact) mass is 533 g/mol. The number of aromatic carboxylic acids is 1. The van der Waals surface area contributed by atoms with Gasteiger partial charge in [0.15, 0.2) is 5.65 Å². The first kappa shape index (κ1) is 24.3. The topological polar surface area (TPSA) is 108 Å². The van der Waals surface area contributed by atoms with Crippen LogP contribution in [0.3, 0.4) is 0 Å². The molecule has 4 aromatic carbocycles. The van der Waals surface area contributed by atoms with Crippen molar-refractivity contribution >= 4 is 38.7 Å². The fourth-order valence-corrected chi connectivity index (χ4v) is 5.80. The molecule has 41 heavy (non-hydrogen) atoms. The number of aromatic amines is 1. The lowest BCUT2D eigenvalue weighted by Crippen LogP contribution is -2.02. The highest BCUT2D eigenvalue weighted by molar-refractivity contribution is 6.15. The Kier molecular flexibility index (Phi) is 5.44. The molecule has 0 amide bonds. The third kappa shape index (κ3) is 3.69. The van der Waals surface area contributed by atoms with Gasteiger partial charge in [0.25, 0.3) is 0 Å². The van der Waals surface area contributed by atoms with Gasteiger partial charge in [0.05, 0.1) is 33.6 Å². The summed E-state index contributed by atoms with van der Waals surface area (Å²) in [5, 5.41) is 28.8. The third-order valence-corrected chi connectivity index (χ3v) is 7.60. The van der Waals surface area contributed by atoms with E-state index in [1.807, 2.05) is 86.8 Å². The van der Waals surface area contributed by atoms with E-state index >= 15 is 0 Å². The predicted molar refractivity (Wildman–Crippen MR) is 160 cm³/mol. The van der Waals surface area contributed by atoms with Crippen LogP contribution in [0.2, 0.25) is 0 Å². The standard InChI is InChI=1S/C34H23N5O2/c1-19-14-15-23-27(18-36-28(23)16-19)32-26(17-35)31(24-12-6-8-21-9-7-13-25(30(21)24)34(40)41)29-20(2)38-39(33(29)37-32)22-10-4-3-5-11-22/h3-16,18,36H,1-2H3,(H,40,41). The van der Waals surface area contributed by atoms with Gasteiger partial charge in [0, 0.05) is 33.6 Å². The van der Waals surface area contributed by atoms with Crippen molar-refractivity contribution in [2.75, 3.05) is 0 Å². The van der Waals surface area contributed by atoms with Crippen LogP contribution in [-0.4, -0.2) is 30.8 Å². The Morgan fingerprint density at radius 3 is 2.46 bits per heavy atom. The van der Waals surface area contributed by atoms with Gasteiger partial charge >= 0.3 is 5.97 Å². The molecule has 0 aliphatic heterocycles. The van der Waals surface area contributed by atoms with Gasteiger partial charge in [-0.05, 0) is 54.6 Å². The van der Waals surface area contributed by atoms with E-state index in [0.29, 0.717) is 44.5 Å². The van der Waals surface area contributed by atoms with Crippen LogP contribution >= 0.6 is 0 Å². The molecule has 0 fully saturated rings. The van der Waals surface area contributed by atoms with Gasteiger partial charge in [0.2, 0.25) is 0 Å². The average molecular weight is 534 g/mol. The zero-order valence-electron chi connectivity index (χ0n) is 22.3. The molecule has 0 spiro atoms. The minimum Gasteiger partial charge on any atom is -0.478 e. The lowest BCUT2D eigenvalue weighted by atomic mass is 9.88. The van der Waals surface area contributed by atoms with E-state index in [4.69, 9.17) is 10.1 Å². The third-order valence-electron chi connectivity index (χ3n) is 7.60. The van der Waals surface area contributed by atoms with E-state index in [1.54, 1.807) is 16.8 Å². The van der Waals surface area contributed by atoms with Gasteiger partial charge in [-0.3, -0.25) is 0 Å². The van der Waals surface area contributed by atoms with E-state index in [0.717, 1.165) is 33.1 Å². The van der Waals surface area contributed by atoms with Crippen molar-refractivity contribution < 1.29 is 9.90 Å². The number of fused-ring (bicyclic) bond motifs is 3. The molecule has 0 aliphatic carbocycles. The maximum atomic E-state index is 12.4. The Bertz CT molecular complexity index is 2210. The SMILES string of the molecule is Cc1ccc2c(-c3nc4c(c(C)nn4-c4ccccc4)c(-c4cccc5cccc(C(=O)O)c45)c3C#N)c[nH]c2c1. The largest absolute Gasteiger partial charge is 0.478 e. The van der Waals surface area contributed by atoms with Crippen molar-refractivity contribution in [2.45, 2.75) is 13.8 Å². The number of pyridine rings is 1. The number of aromatic nitrogens is 4. The minimum atomic E-state index is -1.03. The van der Waals surface area contributed by atoms with Crippen molar-refractivity contribution in [1.29, 1.82) is 5.26 Å². The van der Waals surface area contributed by atoms with Crippen molar-refractivity contribution in [3.8, 4) is 34.1 Å². The van der Waals surface area contributed by atoms with Crippen molar-refractivity contribution in [3.05, 3.63) is 114 Å². The summed E-state index contributed by atoms with van der Waals surface area (Å²) < 4.78 is 1.79. The molecule has 0 aliphatic rings. The van der Waals surface area contributed by atoms with Crippen LogP contribution in [-0.2, 0) is 0 Å². The van der Waals surface area contributed by atoms with E-state index in [2.05, 4.69) is 17.1 Å². The van der Waals surface area contributed by atoms with Crippen molar-refractivity contribution in [1.82, 2.24) is 19.7 Å². The number of nitrogens with one attached hydrogen (secondary N) is 1. The number of carboxylic acid groups (broad SMARTS) is 1. The molecular weight excluding hydrogens is 510 g/mol. The van der Waals surface area contributed by atoms with Crippen LogP contribution in [0.1, 0.15) is 27.2 Å². The Morgan fingerprint density at radius 2 is 1.71 bits per heavy atom. The minimum absolute atomic E-state index is 0.171. The summed E-state index contributed by atoms with van der Waals surface area (Å²) in [6, 6.07) is 29.2. The Hall–Kier alpha value is -5.74. The number of benzene rings is 4. The molecular formula is C34H23N5O2. The molecule has 196 valence electrons. The van der Waals surface area contributed by atoms with Crippen LogP contribution in [0.5, 0.6) is 0 Å². The summed E-state index contributed by atoms with van der Waals surface area (Å²) in [5.41, 5.74) is 7.26. The van der Waals surface area contributed by atoms with E-state index in [-0.39, 0.29) is 5.56 Å². The highest BCUT2D eigenvalue weighted by Gasteiger charge is 2.26. The predicted octanol–water partition coefficient (Wildman–Crippen LogP) is 7.58. The number of nitrogens with zero attached hydrogens (tertiary/aromatic N) is 4. The fourth-order valence-electron chi connectivity index (χ4n) is 5.80. The number of aryl methyl sites for hydroxylation is 2. The lowest BCUT2D eigenvalue weighted by Gasteiger charge is -2.15. The number of hydrogen-bond acceptors (Lipinski definition) is 4. The Morgan fingerprint density at radius 1 is 0.927 bits per heavy atom. The molecule has 3 heterocycles. The number of hydrogen-bond donors (Lipinski definition) is 2. The summed E-state index contributed by atoms with van der Waals surface area (Å²) in [4.78, 5) is 20.9. The molecule has 0 saturated carbocycles. The van der Waals surface area contributed by atoms with Crippen LogP contribution in [0.15, 0.2) is 91.1 Å². The Labute approximate surface area is 234 Å². The molecule has 0 atom stereocenters. The molecule has 7 rings (SSSR count). The van der Waals surface area contributed by atoms with Gasteiger partial charge < -0.3 is 10.1 Å². The molecule has 0 saturated heterocycles. The second kappa shape index (κ2) is 9.18. The summed E-state index contributed by atoms with van der Waals surface area (Å²) in [7, 11) is 0. The molecule has 0 radical (unpaired) electrons. The summed E-state index contributed by atoms with van der Waals surface area (Å²) in [6.45, 7) is 3.93. The first-order valence-corrected chi connectivity index (χ1v) is 13.2. The quantitative estimate of drug-likeness (QED) is 0.243. The highest BCUT2D eigenvalue weighted by atomic mass is 16.4. The second-order valence-corrected chi connectivity index (χ2v) is 10.1. The lowest BCUT2D eigenvalue weighted by molar-refractivity contribution is 0.0699. The maximum absolute atomic E-state index is 12.4. The van der Waals surface area contributed by atoms with Crippen LogP contribution in [0, 0.1) is 25.2 Å². The molecule has 0 unspecified atom stereocenters. The Balaban J connectivity index is 1.69.